The molecule has 2 fully saturated rings. The van der Waals surface area contributed by atoms with Crippen LogP contribution in [-0.4, -0.2) is 99.3 Å². The number of nitrogens with zero attached hydrogens (tertiary/aromatic N) is 2. The second-order valence-corrected chi connectivity index (χ2v) is 13.7. The van der Waals surface area contributed by atoms with Gasteiger partial charge in [0.1, 0.15) is 0 Å². The minimum atomic E-state index is -6.09. The summed E-state index contributed by atoms with van der Waals surface area (Å²) in [5.41, 5.74) is -11.3. The molecule has 2 saturated heterocycles. The predicted molar refractivity (Wildman–Crippen MR) is 140 cm³/mol. The second-order valence-electron chi connectivity index (χ2n) is 10.9. The van der Waals surface area contributed by atoms with E-state index < -0.39 is 31.3 Å². The summed E-state index contributed by atoms with van der Waals surface area (Å²) in [6, 6.07) is 0. The van der Waals surface area contributed by atoms with Gasteiger partial charge in [-0.05, 0) is 25.7 Å². The molecule has 2 rings (SSSR count). The van der Waals surface area contributed by atoms with Crippen molar-refractivity contribution in [3.05, 3.63) is 0 Å². The highest BCUT2D eigenvalue weighted by molar-refractivity contribution is 7.86. The van der Waals surface area contributed by atoms with Crippen molar-refractivity contribution in [3.8, 4) is 0 Å². The largest absolute Gasteiger partial charge is 0.741 e. The summed E-state index contributed by atoms with van der Waals surface area (Å²) in [4.78, 5) is 0. The maximum atomic E-state index is 10.7. The molecule has 0 N–H and O–H groups in total. The minimum absolute atomic E-state index is 1.36. The summed E-state index contributed by atoms with van der Waals surface area (Å²) in [5, 5.41) is 0. The molecule has 0 aromatic carbocycles. The zero-order chi connectivity index (χ0) is 31.7. The van der Waals surface area contributed by atoms with E-state index in [1.807, 2.05) is 0 Å². The van der Waals surface area contributed by atoms with E-state index in [2.05, 4.69) is 27.9 Å². The molecule has 0 aromatic rings. The van der Waals surface area contributed by atoms with Crippen molar-refractivity contribution in [1.29, 1.82) is 0 Å². The zero-order valence-corrected chi connectivity index (χ0v) is 25.8. The molecule has 0 unspecified atom stereocenters. The molecule has 0 saturated carbocycles. The first-order valence-corrected chi connectivity index (χ1v) is 16.6. The zero-order valence-electron chi connectivity index (χ0n) is 24.2. The Hall–Kier alpha value is -0.680. The lowest BCUT2D eigenvalue weighted by atomic mass is 10.2. The van der Waals surface area contributed by atoms with Crippen molar-refractivity contribution in [2.24, 2.45) is 0 Å². The second kappa shape index (κ2) is 18.8. The molecule has 2 heterocycles. The molecule has 40 heavy (non-hydrogen) atoms. The monoisotopic (exact) mass is 638 g/mol. The average Bonchev–Trinajstić information content (AvgIpc) is 3.42. The SMILES string of the molecule is CCCCCC[N+]1(C)CCCC1.CCCCCC[N+]1(C)CCCC1.O=S(=O)([O-])C(F)(F)F.O=S(=O)([O-])C(F)(F)F. The smallest absolute Gasteiger partial charge is 0.485 e. The van der Waals surface area contributed by atoms with Gasteiger partial charge < -0.3 is 18.1 Å². The van der Waals surface area contributed by atoms with Crippen molar-refractivity contribution in [3.63, 3.8) is 0 Å². The summed E-state index contributed by atoms with van der Waals surface area (Å²) < 4.78 is 121. The maximum absolute atomic E-state index is 10.7. The van der Waals surface area contributed by atoms with Crippen molar-refractivity contribution >= 4 is 20.2 Å². The normalized spacial score (nSPS) is 18.5. The van der Waals surface area contributed by atoms with Gasteiger partial charge in [-0.25, -0.2) is 16.8 Å². The van der Waals surface area contributed by atoms with Crippen LogP contribution in [0.2, 0.25) is 0 Å². The molecule has 8 nitrogen and oxygen atoms in total. The lowest BCUT2D eigenvalue weighted by molar-refractivity contribution is -0.897. The number of hydrogen-bond acceptors (Lipinski definition) is 6. The number of hydrogen-bond donors (Lipinski definition) is 0. The predicted octanol–water partition coefficient (Wildman–Crippen LogP) is 5.72. The Bertz CT molecular complexity index is 797. The molecule has 2 aliphatic heterocycles. The van der Waals surface area contributed by atoms with Crippen molar-refractivity contribution in [2.75, 3.05) is 53.4 Å². The molecule has 0 atom stereocenters. The van der Waals surface area contributed by atoms with Crippen LogP contribution in [0.15, 0.2) is 0 Å². The molecule has 0 radical (unpaired) electrons. The van der Waals surface area contributed by atoms with Crippen LogP contribution in [-0.2, 0) is 20.2 Å². The van der Waals surface area contributed by atoms with Crippen LogP contribution in [0.5, 0.6) is 0 Å². The Balaban J connectivity index is 0. The molecular formula is C24H48F6N2O6S2. The Labute approximate surface area is 236 Å². The lowest BCUT2D eigenvalue weighted by Crippen LogP contribution is -2.41. The van der Waals surface area contributed by atoms with E-state index in [-0.39, 0.29) is 0 Å². The van der Waals surface area contributed by atoms with E-state index >= 15 is 0 Å². The van der Waals surface area contributed by atoms with Crippen LogP contribution in [0, 0.1) is 0 Å². The van der Waals surface area contributed by atoms with Crippen molar-refractivity contribution in [1.82, 2.24) is 0 Å². The van der Waals surface area contributed by atoms with Gasteiger partial charge in [-0.2, -0.15) is 26.3 Å². The number of halogens is 6. The van der Waals surface area contributed by atoms with Gasteiger partial charge in [0.2, 0.25) is 0 Å². The van der Waals surface area contributed by atoms with Gasteiger partial charge in [-0.1, -0.05) is 39.5 Å². The topological polar surface area (TPSA) is 114 Å². The van der Waals surface area contributed by atoms with Gasteiger partial charge in [0, 0.05) is 25.7 Å². The maximum Gasteiger partial charge on any atom is 0.485 e. The third kappa shape index (κ3) is 20.2. The van der Waals surface area contributed by atoms with Gasteiger partial charge in [0.25, 0.3) is 0 Å². The standard InChI is InChI=1S/2C11H24N.2CHF3O3S/c2*1-3-4-5-6-9-12(2)10-7-8-11-12;2*2-1(3,4)8(5,6)7/h2*3-11H2,1-2H3;2*(H,5,6,7)/q2*+1;;/p-2. The van der Waals surface area contributed by atoms with Gasteiger partial charge in [-0.15, -0.1) is 0 Å². The van der Waals surface area contributed by atoms with Crippen LogP contribution in [0.1, 0.15) is 90.9 Å². The number of alkyl halides is 6. The Morgan fingerprint density at radius 2 is 0.775 bits per heavy atom. The third-order valence-corrected chi connectivity index (χ3v) is 8.10. The first kappa shape index (κ1) is 41.5. The van der Waals surface area contributed by atoms with Gasteiger partial charge in [0.15, 0.2) is 20.2 Å². The highest BCUT2D eigenvalue weighted by Crippen LogP contribution is 2.21. The molecular weight excluding hydrogens is 590 g/mol. The highest BCUT2D eigenvalue weighted by Gasteiger charge is 2.37. The summed E-state index contributed by atoms with van der Waals surface area (Å²) in [6.45, 7) is 13.2. The fourth-order valence-corrected chi connectivity index (χ4v) is 4.49. The Morgan fingerprint density at radius 1 is 0.550 bits per heavy atom. The van der Waals surface area contributed by atoms with Gasteiger partial charge >= 0.3 is 11.0 Å². The van der Waals surface area contributed by atoms with E-state index in [9.17, 15) is 26.3 Å². The van der Waals surface area contributed by atoms with Gasteiger partial charge in [-0.3, -0.25) is 0 Å². The number of quaternary nitrogens is 2. The van der Waals surface area contributed by atoms with Crippen LogP contribution >= 0.6 is 0 Å². The lowest BCUT2D eigenvalue weighted by Gasteiger charge is -2.29. The van der Waals surface area contributed by atoms with Crippen LogP contribution in [0.3, 0.4) is 0 Å². The number of likely N-dealkylation sites (tertiary alicyclic amines) is 2. The summed E-state index contributed by atoms with van der Waals surface area (Å²) in [5.74, 6) is 0. The van der Waals surface area contributed by atoms with Crippen molar-refractivity contribution in [2.45, 2.75) is 102 Å². The summed E-state index contributed by atoms with van der Waals surface area (Å²) in [6.07, 6.45) is 17.2. The first-order chi connectivity index (χ1) is 18.0. The number of unbranched alkanes of at least 4 members (excludes halogenated alkanes) is 6. The highest BCUT2D eigenvalue weighted by atomic mass is 32.2. The van der Waals surface area contributed by atoms with E-state index in [0.717, 1.165) is 0 Å². The minimum Gasteiger partial charge on any atom is -0.741 e. The van der Waals surface area contributed by atoms with Crippen molar-refractivity contribution < 1.29 is 61.2 Å². The van der Waals surface area contributed by atoms with Crippen LogP contribution in [0.4, 0.5) is 26.3 Å². The quantitative estimate of drug-likeness (QED) is 0.0995. The van der Waals surface area contributed by atoms with E-state index in [1.54, 1.807) is 0 Å². The molecule has 244 valence electrons. The summed E-state index contributed by atoms with van der Waals surface area (Å²) in [7, 11) is -7.32. The Kier molecular flexibility index (Phi) is 19.5. The van der Waals surface area contributed by atoms with Gasteiger partial charge in [0.05, 0.1) is 53.4 Å². The van der Waals surface area contributed by atoms with E-state index in [1.165, 1.54) is 125 Å². The molecule has 0 aromatic heterocycles. The molecule has 0 amide bonds. The molecule has 16 heteroatoms. The number of rotatable bonds is 10. The van der Waals surface area contributed by atoms with E-state index in [0.29, 0.717) is 0 Å². The molecule has 2 aliphatic rings. The van der Waals surface area contributed by atoms with Crippen LogP contribution < -0.4 is 0 Å². The fraction of sp³-hybridized carbons (Fsp3) is 1.00. The first-order valence-electron chi connectivity index (χ1n) is 13.7. The molecule has 0 spiro atoms. The third-order valence-electron chi connectivity index (χ3n) is 6.96. The molecule has 0 bridgehead atoms. The fourth-order valence-electron chi connectivity index (χ4n) is 4.49. The van der Waals surface area contributed by atoms with E-state index in [4.69, 9.17) is 25.9 Å². The molecule has 0 aliphatic carbocycles. The average molecular weight is 639 g/mol. The summed E-state index contributed by atoms with van der Waals surface area (Å²) >= 11 is 0. The van der Waals surface area contributed by atoms with Crippen LogP contribution in [0.25, 0.3) is 0 Å². The Morgan fingerprint density at radius 3 is 0.950 bits per heavy atom.